The molecule has 4 heteroatoms. The highest BCUT2D eigenvalue weighted by atomic mass is 16.1. The molecule has 1 aromatic rings. The van der Waals surface area contributed by atoms with Gasteiger partial charge >= 0.3 is 0 Å². The lowest BCUT2D eigenvalue weighted by molar-refractivity contribution is 0.0973. The Hall–Kier alpha value is -1.32. The van der Waals surface area contributed by atoms with Crippen LogP contribution in [0.25, 0.3) is 0 Å². The van der Waals surface area contributed by atoms with Crippen LogP contribution in [0.2, 0.25) is 0 Å². The van der Waals surface area contributed by atoms with Crippen LogP contribution in [0, 0.1) is 0 Å². The Kier molecular flexibility index (Phi) is 7.11. The molecule has 0 aliphatic heterocycles. The first kappa shape index (κ1) is 13.7. The fraction of sp³-hybridized carbons (Fsp3) is 0.692. The number of ketones is 1. The number of aromatic nitrogens is 3. The highest BCUT2D eigenvalue weighted by Gasteiger charge is 2.06. The smallest absolute Gasteiger partial charge is 0.183 e. The summed E-state index contributed by atoms with van der Waals surface area (Å²) in [5.74, 6) is 0.0773. The lowest BCUT2D eigenvalue weighted by atomic mass is 10.1. The molecule has 0 unspecified atom stereocenters. The largest absolute Gasteiger partial charge is 0.292 e. The molecule has 1 heterocycles. The number of hydrogen-bond donors (Lipinski definition) is 0. The maximum Gasteiger partial charge on any atom is 0.183 e. The van der Waals surface area contributed by atoms with Crippen molar-refractivity contribution in [3.05, 3.63) is 18.0 Å². The summed E-state index contributed by atoms with van der Waals surface area (Å²) in [5.41, 5.74) is 0.436. The second-order valence-corrected chi connectivity index (χ2v) is 4.30. The van der Waals surface area contributed by atoms with Gasteiger partial charge in [-0.15, -0.1) is 10.2 Å². The van der Waals surface area contributed by atoms with Gasteiger partial charge in [-0.05, 0) is 17.7 Å². The second-order valence-electron chi connectivity index (χ2n) is 4.30. The van der Waals surface area contributed by atoms with Gasteiger partial charge in [0.25, 0.3) is 0 Å². The van der Waals surface area contributed by atoms with E-state index in [0.29, 0.717) is 12.1 Å². The molecule has 0 saturated heterocycles. The molecule has 0 aliphatic carbocycles. The van der Waals surface area contributed by atoms with Crippen molar-refractivity contribution in [3.8, 4) is 0 Å². The molecular weight excluding hydrogens is 214 g/mol. The van der Waals surface area contributed by atoms with Gasteiger partial charge in [-0.25, -0.2) is 0 Å². The molecular formula is C13H21N3O. The van der Waals surface area contributed by atoms with Gasteiger partial charge in [0.05, 0.1) is 6.20 Å². The topological polar surface area (TPSA) is 55.7 Å². The Morgan fingerprint density at radius 1 is 1.12 bits per heavy atom. The highest BCUT2D eigenvalue weighted by molar-refractivity contribution is 5.93. The lowest BCUT2D eigenvalue weighted by Crippen LogP contribution is -2.03. The van der Waals surface area contributed by atoms with Gasteiger partial charge in [-0.3, -0.25) is 4.79 Å². The predicted molar refractivity (Wildman–Crippen MR) is 66.8 cm³/mol. The Morgan fingerprint density at radius 2 is 1.82 bits per heavy atom. The molecule has 1 rings (SSSR count). The predicted octanol–water partition coefficient (Wildman–Crippen LogP) is 3.20. The number of rotatable bonds is 9. The molecule has 0 spiro atoms. The molecule has 4 nitrogen and oxygen atoms in total. The number of Topliss-reactive ketones (excluding diaryl/α,β-unsaturated/α-hetero) is 1. The summed E-state index contributed by atoms with van der Waals surface area (Å²) in [4.78, 5) is 11.6. The van der Waals surface area contributed by atoms with E-state index in [1.165, 1.54) is 38.3 Å². The number of hydrogen-bond acceptors (Lipinski definition) is 4. The first-order valence-electron chi connectivity index (χ1n) is 6.52. The normalized spacial score (nSPS) is 10.4. The summed E-state index contributed by atoms with van der Waals surface area (Å²) in [7, 11) is 0. The highest BCUT2D eigenvalue weighted by Crippen LogP contribution is 2.09. The molecule has 0 fully saturated rings. The van der Waals surface area contributed by atoms with E-state index in [2.05, 4.69) is 22.3 Å². The van der Waals surface area contributed by atoms with Crippen LogP contribution in [0.5, 0.6) is 0 Å². The summed E-state index contributed by atoms with van der Waals surface area (Å²) in [6.45, 7) is 2.22. The number of carbonyl (C=O) groups excluding carboxylic acids is 1. The van der Waals surface area contributed by atoms with Crippen LogP contribution in [0.4, 0.5) is 0 Å². The summed E-state index contributed by atoms with van der Waals surface area (Å²) >= 11 is 0. The zero-order chi connectivity index (χ0) is 12.3. The fourth-order valence-electron chi connectivity index (χ4n) is 1.76. The van der Waals surface area contributed by atoms with Crippen LogP contribution in [-0.2, 0) is 0 Å². The number of unbranched alkanes of at least 4 members (excludes halogenated alkanes) is 6. The minimum Gasteiger partial charge on any atom is -0.292 e. The Bertz CT molecular complexity index is 314. The fourth-order valence-corrected chi connectivity index (χ4v) is 1.76. The molecule has 1 aromatic heterocycles. The van der Waals surface area contributed by atoms with Gasteiger partial charge in [0, 0.05) is 6.42 Å². The Morgan fingerprint density at radius 3 is 2.47 bits per heavy atom. The first-order valence-corrected chi connectivity index (χ1v) is 6.52. The Labute approximate surface area is 103 Å². The van der Waals surface area contributed by atoms with Crippen molar-refractivity contribution in [1.29, 1.82) is 0 Å². The van der Waals surface area contributed by atoms with E-state index in [9.17, 15) is 4.79 Å². The summed E-state index contributed by atoms with van der Waals surface area (Å²) < 4.78 is 0. The van der Waals surface area contributed by atoms with E-state index in [-0.39, 0.29) is 5.78 Å². The maximum absolute atomic E-state index is 11.6. The average molecular weight is 235 g/mol. The van der Waals surface area contributed by atoms with Crippen LogP contribution in [0.3, 0.4) is 0 Å². The second kappa shape index (κ2) is 8.79. The van der Waals surface area contributed by atoms with E-state index < -0.39 is 0 Å². The quantitative estimate of drug-likeness (QED) is 0.487. The van der Waals surface area contributed by atoms with Crippen molar-refractivity contribution in [2.24, 2.45) is 0 Å². The van der Waals surface area contributed by atoms with E-state index in [1.54, 1.807) is 6.07 Å². The number of nitrogens with zero attached hydrogens (tertiary/aromatic N) is 3. The van der Waals surface area contributed by atoms with Crippen molar-refractivity contribution in [2.45, 2.75) is 58.3 Å². The van der Waals surface area contributed by atoms with Crippen molar-refractivity contribution in [2.75, 3.05) is 0 Å². The molecule has 0 amide bonds. The van der Waals surface area contributed by atoms with Gasteiger partial charge < -0.3 is 0 Å². The molecule has 94 valence electrons. The molecule has 0 aliphatic rings. The minimum atomic E-state index is 0.0773. The zero-order valence-electron chi connectivity index (χ0n) is 10.6. The molecule has 17 heavy (non-hydrogen) atoms. The van der Waals surface area contributed by atoms with Gasteiger partial charge in [0.1, 0.15) is 5.69 Å². The van der Waals surface area contributed by atoms with E-state index in [1.807, 2.05) is 0 Å². The van der Waals surface area contributed by atoms with E-state index >= 15 is 0 Å². The third-order valence-corrected chi connectivity index (χ3v) is 2.80. The summed E-state index contributed by atoms with van der Waals surface area (Å²) in [6, 6.07) is 1.62. The van der Waals surface area contributed by atoms with Crippen LogP contribution in [0.15, 0.2) is 12.3 Å². The SMILES string of the molecule is CCCCCCCCCC(=O)c1ccnnn1. The van der Waals surface area contributed by atoms with Crippen molar-refractivity contribution >= 4 is 5.78 Å². The Balaban J connectivity index is 2.05. The lowest BCUT2D eigenvalue weighted by Gasteiger charge is -2.00. The molecule has 0 saturated carbocycles. The third-order valence-electron chi connectivity index (χ3n) is 2.80. The van der Waals surface area contributed by atoms with Crippen LogP contribution in [-0.4, -0.2) is 21.2 Å². The average Bonchev–Trinajstić information content (AvgIpc) is 2.38. The molecule has 0 radical (unpaired) electrons. The van der Waals surface area contributed by atoms with Gasteiger partial charge in [0.15, 0.2) is 5.78 Å². The van der Waals surface area contributed by atoms with E-state index in [4.69, 9.17) is 0 Å². The maximum atomic E-state index is 11.6. The van der Waals surface area contributed by atoms with Gasteiger partial charge in [-0.2, -0.15) is 0 Å². The number of carbonyl (C=O) groups is 1. The van der Waals surface area contributed by atoms with Crippen LogP contribution >= 0.6 is 0 Å². The van der Waals surface area contributed by atoms with Crippen molar-refractivity contribution in [1.82, 2.24) is 15.4 Å². The van der Waals surface area contributed by atoms with Gasteiger partial charge in [-0.1, -0.05) is 45.4 Å². The zero-order valence-corrected chi connectivity index (χ0v) is 10.6. The summed E-state index contributed by atoms with van der Waals surface area (Å²) in [6.07, 6.45) is 10.6. The monoisotopic (exact) mass is 235 g/mol. The molecule has 0 bridgehead atoms. The van der Waals surface area contributed by atoms with Crippen LogP contribution < -0.4 is 0 Å². The molecule has 0 atom stereocenters. The summed E-state index contributed by atoms with van der Waals surface area (Å²) in [5, 5.41) is 10.7. The molecule has 0 N–H and O–H groups in total. The van der Waals surface area contributed by atoms with Crippen LogP contribution in [0.1, 0.15) is 68.8 Å². The first-order chi connectivity index (χ1) is 8.34. The van der Waals surface area contributed by atoms with E-state index in [0.717, 1.165) is 12.8 Å². The third kappa shape index (κ3) is 6.09. The standard InChI is InChI=1S/C13H21N3O/c1-2-3-4-5-6-7-8-9-13(17)12-10-11-14-16-15-12/h10-11H,2-9H2,1H3. The molecule has 0 aromatic carbocycles. The minimum absolute atomic E-state index is 0.0773. The van der Waals surface area contributed by atoms with Crippen molar-refractivity contribution < 1.29 is 4.79 Å². The van der Waals surface area contributed by atoms with Gasteiger partial charge in [0.2, 0.25) is 0 Å². The van der Waals surface area contributed by atoms with Crippen molar-refractivity contribution in [3.63, 3.8) is 0 Å².